The van der Waals surface area contributed by atoms with E-state index in [0.717, 1.165) is 48.2 Å². The number of aromatic amines is 1. The number of aryl methyl sites for hydroxylation is 2. The molecule has 0 aliphatic carbocycles. The van der Waals surface area contributed by atoms with E-state index < -0.39 is 10.0 Å². The minimum absolute atomic E-state index is 0.161. The number of hydrogen-bond acceptors (Lipinski definition) is 5. The summed E-state index contributed by atoms with van der Waals surface area (Å²) in [5.41, 5.74) is 3.18. The first-order chi connectivity index (χ1) is 16.5. The zero-order valence-electron chi connectivity index (χ0n) is 19.1. The first-order valence-electron chi connectivity index (χ1n) is 11.7. The number of rotatable bonds is 8. The minimum Gasteiger partial charge on any atom is -0.328 e. The molecule has 0 atom stereocenters. The fourth-order valence-corrected chi connectivity index (χ4v) is 6.03. The maximum Gasteiger partial charge on any atom is 0.243 e. The van der Waals surface area contributed by atoms with Gasteiger partial charge in [0.1, 0.15) is 5.82 Å². The maximum absolute atomic E-state index is 13.0. The largest absolute Gasteiger partial charge is 0.328 e. The average Bonchev–Trinajstić information content (AvgIpc) is 3.56. The Bertz CT molecular complexity index is 1420. The highest BCUT2D eigenvalue weighted by molar-refractivity contribution is 7.89. The normalized spacial score (nSPS) is 14.9. The number of amides is 1. The second-order valence-electron chi connectivity index (χ2n) is 8.59. The number of benzene rings is 2. The Labute approximate surface area is 198 Å². The average molecular weight is 481 g/mol. The molecule has 1 amide bonds. The monoisotopic (exact) mass is 480 g/mol. The summed E-state index contributed by atoms with van der Waals surface area (Å²) in [5, 5.41) is 2.82. The number of imidazole rings is 2. The molecular formula is C24H28N6O3S. The van der Waals surface area contributed by atoms with Gasteiger partial charge in [-0.05, 0) is 49.6 Å². The summed E-state index contributed by atoms with van der Waals surface area (Å²) in [7, 11) is -3.51. The van der Waals surface area contributed by atoms with E-state index in [-0.39, 0.29) is 17.2 Å². The van der Waals surface area contributed by atoms with E-state index >= 15 is 0 Å². The quantitative estimate of drug-likeness (QED) is 0.399. The van der Waals surface area contributed by atoms with Crippen LogP contribution in [0, 0.1) is 0 Å². The van der Waals surface area contributed by atoms with Gasteiger partial charge < -0.3 is 9.55 Å². The summed E-state index contributed by atoms with van der Waals surface area (Å²) >= 11 is 0. The Balaban J connectivity index is 1.35. The van der Waals surface area contributed by atoms with Crippen molar-refractivity contribution in [2.75, 3.05) is 18.4 Å². The van der Waals surface area contributed by atoms with Crippen LogP contribution in [0.15, 0.2) is 47.4 Å². The van der Waals surface area contributed by atoms with E-state index in [4.69, 9.17) is 4.98 Å². The molecule has 0 radical (unpaired) electrons. The van der Waals surface area contributed by atoms with Crippen LogP contribution in [0.3, 0.4) is 0 Å². The Morgan fingerprint density at radius 1 is 1.09 bits per heavy atom. The lowest BCUT2D eigenvalue weighted by atomic mass is 10.2. The van der Waals surface area contributed by atoms with E-state index in [9.17, 15) is 13.2 Å². The molecule has 0 spiro atoms. The van der Waals surface area contributed by atoms with Gasteiger partial charge in [0.2, 0.25) is 21.9 Å². The summed E-state index contributed by atoms with van der Waals surface area (Å²) < 4.78 is 29.6. The van der Waals surface area contributed by atoms with Crippen molar-refractivity contribution in [3.8, 4) is 0 Å². The zero-order valence-corrected chi connectivity index (χ0v) is 19.9. The Morgan fingerprint density at radius 2 is 1.88 bits per heavy atom. The van der Waals surface area contributed by atoms with Crippen molar-refractivity contribution in [2.45, 2.75) is 50.5 Å². The number of nitrogens with one attached hydrogen (secondary N) is 2. The Hall–Kier alpha value is -3.24. The van der Waals surface area contributed by atoms with E-state index in [1.165, 1.54) is 0 Å². The number of H-pyrrole nitrogens is 1. The molecule has 3 heterocycles. The highest BCUT2D eigenvalue weighted by Gasteiger charge is 2.28. The molecule has 1 saturated heterocycles. The molecule has 5 rings (SSSR count). The zero-order chi connectivity index (χ0) is 23.7. The fourth-order valence-electron chi connectivity index (χ4n) is 4.49. The topological polar surface area (TPSA) is 113 Å². The molecule has 0 saturated carbocycles. The van der Waals surface area contributed by atoms with Crippen LogP contribution in [0.1, 0.15) is 38.4 Å². The number of sulfonamides is 1. The molecule has 4 aromatic rings. The highest BCUT2D eigenvalue weighted by atomic mass is 32.2. The van der Waals surface area contributed by atoms with Gasteiger partial charge in [0.15, 0.2) is 0 Å². The predicted molar refractivity (Wildman–Crippen MR) is 131 cm³/mol. The number of fused-ring (bicyclic) bond motifs is 2. The molecule has 9 nitrogen and oxygen atoms in total. The van der Waals surface area contributed by atoms with Crippen molar-refractivity contribution in [3.63, 3.8) is 0 Å². The first-order valence-corrected chi connectivity index (χ1v) is 13.1. The third kappa shape index (κ3) is 4.30. The van der Waals surface area contributed by atoms with Crippen LogP contribution in [-0.2, 0) is 27.8 Å². The number of carbonyl (C=O) groups excluding carboxylic acids is 1. The van der Waals surface area contributed by atoms with E-state index in [1.807, 2.05) is 30.3 Å². The predicted octanol–water partition coefficient (Wildman–Crippen LogP) is 3.68. The molecule has 0 bridgehead atoms. The highest BCUT2D eigenvalue weighted by Crippen LogP contribution is 2.26. The van der Waals surface area contributed by atoms with E-state index in [1.54, 1.807) is 16.4 Å². The van der Waals surface area contributed by atoms with Gasteiger partial charge in [-0.25, -0.2) is 18.4 Å². The number of carbonyl (C=O) groups is 1. The van der Waals surface area contributed by atoms with Crippen LogP contribution in [0.5, 0.6) is 0 Å². The van der Waals surface area contributed by atoms with Crippen LogP contribution in [0.2, 0.25) is 0 Å². The van der Waals surface area contributed by atoms with Crippen molar-refractivity contribution in [1.29, 1.82) is 0 Å². The lowest BCUT2D eigenvalue weighted by molar-refractivity contribution is -0.116. The summed E-state index contributed by atoms with van der Waals surface area (Å²) in [5.74, 6) is 1.03. The first kappa shape index (κ1) is 22.5. The van der Waals surface area contributed by atoms with Crippen LogP contribution in [0.4, 0.5) is 5.95 Å². The van der Waals surface area contributed by atoms with Crippen molar-refractivity contribution in [2.24, 2.45) is 0 Å². The van der Waals surface area contributed by atoms with Gasteiger partial charge in [-0.15, -0.1) is 0 Å². The molecule has 0 unspecified atom stereocenters. The number of nitrogens with zero attached hydrogens (tertiary/aromatic N) is 4. The molecule has 10 heteroatoms. The number of para-hydroxylation sites is 2. The van der Waals surface area contributed by atoms with Crippen LogP contribution in [-0.4, -0.2) is 51.2 Å². The molecule has 2 aromatic carbocycles. The smallest absolute Gasteiger partial charge is 0.243 e. The van der Waals surface area contributed by atoms with Crippen molar-refractivity contribution < 1.29 is 13.2 Å². The van der Waals surface area contributed by atoms with Gasteiger partial charge in [-0.1, -0.05) is 19.1 Å². The second kappa shape index (κ2) is 9.19. The molecular weight excluding hydrogens is 452 g/mol. The third-order valence-corrected chi connectivity index (χ3v) is 8.07. The number of anilines is 1. The molecule has 1 aliphatic rings. The Morgan fingerprint density at radius 3 is 2.65 bits per heavy atom. The van der Waals surface area contributed by atoms with E-state index in [2.05, 4.69) is 26.8 Å². The van der Waals surface area contributed by atoms with Crippen molar-refractivity contribution in [1.82, 2.24) is 23.8 Å². The minimum atomic E-state index is -3.51. The van der Waals surface area contributed by atoms with E-state index in [0.29, 0.717) is 31.0 Å². The van der Waals surface area contributed by atoms with Gasteiger partial charge in [0.05, 0.1) is 27.0 Å². The SMILES string of the molecule is CCCn1c(CCC(=O)Nc2nc3ccccc3[nH]2)nc2cc(S(=O)(=O)N3CCCC3)ccc21. The van der Waals surface area contributed by atoms with Crippen LogP contribution < -0.4 is 5.32 Å². The maximum atomic E-state index is 13.0. The molecule has 1 aliphatic heterocycles. The van der Waals surface area contributed by atoms with Gasteiger partial charge in [-0.3, -0.25) is 10.1 Å². The van der Waals surface area contributed by atoms with Gasteiger partial charge >= 0.3 is 0 Å². The summed E-state index contributed by atoms with van der Waals surface area (Å²) in [6, 6.07) is 12.8. The third-order valence-electron chi connectivity index (χ3n) is 6.17. The summed E-state index contributed by atoms with van der Waals surface area (Å²) in [6.07, 6.45) is 3.37. The lowest BCUT2D eigenvalue weighted by Gasteiger charge is -2.15. The summed E-state index contributed by atoms with van der Waals surface area (Å²) in [6.45, 7) is 3.96. The molecule has 34 heavy (non-hydrogen) atoms. The Kier molecular flexibility index (Phi) is 6.09. The van der Waals surface area contributed by atoms with Gasteiger partial charge in [0, 0.05) is 32.5 Å². The van der Waals surface area contributed by atoms with Crippen molar-refractivity contribution in [3.05, 3.63) is 48.3 Å². The fraction of sp³-hybridized carbons (Fsp3) is 0.375. The second-order valence-corrected chi connectivity index (χ2v) is 10.5. The van der Waals surface area contributed by atoms with Gasteiger partial charge in [-0.2, -0.15) is 4.31 Å². The summed E-state index contributed by atoms with van der Waals surface area (Å²) in [4.78, 5) is 25.1. The molecule has 2 aromatic heterocycles. The van der Waals surface area contributed by atoms with Gasteiger partial charge in [0.25, 0.3) is 0 Å². The van der Waals surface area contributed by atoms with Crippen LogP contribution >= 0.6 is 0 Å². The molecule has 2 N–H and O–H groups in total. The van der Waals surface area contributed by atoms with Crippen LogP contribution in [0.25, 0.3) is 22.1 Å². The standard InChI is InChI=1S/C24H28N6O3S/c1-2-13-30-21-10-9-17(34(32,33)29-14-5-6-15-29)16-20(21)25-22(30)11-12-23(31)28-24-26-18-7-3-4-8-19(18)27-24/h3-4,7-10,16H,2,5-6,11-15H2,1H3,(H2,26,27,28,31). The molecule has 1 fully saturated rings. The molecule has 178 valence electrons. The number of aromatic nitrogens is 4. The number of hydrogen-bond donors (Lipinski definition) is 2. The van der Waals surface area contributed by atoms with Crippen molar-refractivity contribution >= 4 is 43.9 Å². The lowest BCUT2D eigenvalue weighted by Crippen LogP contribution is -2.27.